The van der Waals surface area contributed by atoms with Gasteiger partial charge in [-0.05, 0) is 43.5 Å². The van der Waals surface area contributed by atoms with Crippen molar-refractivity contribution in [1.82, 2.24) is 10.6 Å². The summed E-state index contributed by atoms with van der Waals surface area (Å²) in [6.07, 6.45) is 5.90. The van der Waals surface area contributed by atoms with Crippen LogP contribution in [0.4, 0.5) is 10.5 Å². The Bertz CT molecular complexity index is 702. The molecule has 28 heavy (non-hydrogen) atoms. The third-order valence-corrected chi connectivity index (χ3v) is 4.97. The van der Waals surface area contributed by atoms with Gasteiger partial charge in [0.2, 0.25) is 5.91 Å². The minimum Gasteiger partial charge on any atom is -0.497 e. The summed E-state index contributed by atoms with van der Waals surface area (Å²) in [4.78, 5) is 24.3. The zero-order valence-electron chi connectivity index (χ0n) is 15.9. The number of carbonyl (C=O) groups excluding carboxylic acids is 2. The van der Waals surface area contributed by atoms with Crippen LogP contribution in [0.2, 0.25) is 0 Å². The summed E-state index contributed by atoms with van der Waals surface area (Å²) in [5.74, 6) is 0.641. The van der Waals surface area contributed by atoms with Crippen LogP contribution in [0.5, 0.6) is 5.75 Å². The van der Waals surface area contributed by atoms with Gasteiger partial charge in [0.25, 0.3) is 0 Å². The van der Waals surface area contributed by atoms with Gasteiger partial charge in [-0.15, -0.1) is 0 Å². The number of urea groups is 1. The Balaban J connectivity index is 1.49. The molecule has 8 heteroatoms. The zero-order valence-corrected chi connectivity index (χ0v) is 15.9. The van der Waals surface area contributed by atoms with Crippen LogP contribution in [0.25, 0.3) is 0 Å². The van der Waals surface area contributed by atoms with E-state index in [1.807, 2.05) is 0 Å². The van der Waals surface area contributed by atoms with Crippen LogP contribution in [0.1, 0.15) is 25.7 Å². The molecule has 8 nitrogen and oxygen atoms in total. The Hall–Kier alpha value is -2.58. The van der Waals surface area contributed by atoms with Gasteiger partial charge in [0.05, 0.1) is 32.3 Å². The van der Waals surface area contributed by atoms with Crippen LogP contribution >= 0.6 is 0 Å². The van der Waals surface area contributed by atoms with Gasteiger partial charge in [-0.1, -0.05) is 12.2 Å². The smallest absolute Gasteiger partial charge is 0.319 e. The molecule has 0 unspecified atom stereocenters. The molecule has 0 saturated heterocycles. The predicted octanol–water partition coefficient (Wildman–Crippen LogP) is 1.56. The van der Waals surface area contributed by atoms with Gasteiger partial charge in [-0.3, -0.25) is 4.79 Å². The quantitative estimate of drug-likeness (QED) is 0.529. The standard InChI is InChI=1S/C20H27N3O5/c1-27-15-7-5-14(6-8-15)22-20(26)23-17-10-9-16(28-18(17)12-24)11-19(25)21-13-3-2-4-13/h5-10,13,16-18,24H,2-4,11-12H2,1H3,(H,21,25)(H2,22,23,26)/t16-,17-,18+/m1/s1. The van der Waals surface area contributed by atoms with Crippen molar-refractivity contribution < 1.29 is 24.2 Å². The Kier molecular flexibility index (Phi) is 6.89. The first-order valence-corrected chi connectivity index (χ1v) is 9.53. The molecule has 1 fully saturated rings. The van der Waals surface area contributed by atoms with Gasteiger partial charge < -0.3 is 30.5 Å². The molecule has 1 aromatic carbocycles. The maximum atomic E-state index is 12.2. The van der Waals surface area contributed by atoms with E-state index in [2.05, 4.69) is 16.0 Å². The van der Waals surface area contributed by atoms with Crippen molar-refractivity contribution in [3.63, 3.8) is 0 Å². The second-order valence-corrected chi connectivity index (χ2v) is 7.03. The van der Waals surface area contributed by atoms with Crippen LogP contribution in [0.15, 0.2) is 36.4 Å². The zero-order chi connectivity index (χ0) is 19.9. The first kappa shape index (κ1) is 20.2. The topological polar surface area (TPSA) is 109 Å². The van der Waals surface area contributed by atoms with Gasteiger partial charge in [0.1, 0.15) is 11.9 Å². The molecule has 3 atom stereocenters. The van der Waals surface area contributed by atoms with Gasteiger partial charge >= 0.3 is 6.03 Å². The van der Waals surface area contributed by atoms with Crippen molar-refractivity contribution in [2.24, 2.45) is 0 Å². The lowest BCUT2D eigenvalue weighted by Gasteiger charge is -2.32. The average molecular weight is 389 g/mol. The van der Waals surface area contributed by atoms with E-state index in [0.717, 1.165) is 19.3 Å². The highest BCUT2D eigenvalue weighted by atomic mass is 16.5. The third-order valence-electron chi connectivity index (χ3n) is 4.97. The molecular weight excluding hydrogens is 362 g/mol. The van der Waals surface area contributed by atoms with E-state index in [-0.39, 0.29) is 25.0 Å². The van der Waals surface area contributed by atoms with Crippen molar-refractivity contribution in [3.8, 4) is 5.75 Å². The number of amides is 3. The van der Waals surface area contributed by atoms with Crippen molar-refractivity contribution in [2.75, 3.05) is 19.0 Å². The van der Waals surface area contributed by atoms with Crippen LogP contribution in [0.3, 0.4) is 0 Å². The highest BCUT2D eigenvalue weighted by Gasteiger charge is 2.30. The predicted molar refractivity (Wildman–Crippen MR) is 104 cm³/mol. The minimum absolute atomic E-state index is 0.0558. The van der Waals surface area contributed by atoms with Crippen LogP contribution in [-0.2, 0) is 9.53 Å². The second kappa shape index (κ2) is 9.57. The highest BCUT2D eigenvalue weighted by Crippen LogP contribution is 2.20. The van der Waals surface area contributed by atoms with Crippen molar-refractivity contribution in [3.05, 3.63) is 36.4 Å². The summed E-state index contributed by atoms with van der Waals surface area (Å²) in [7, 11) is 1.57. The number of nitrogens with one attached hydrogen (secondary N) is 3. The lowest BCUT2D eigenvalue weighted by molar-refractivity contribution is -0.126. The van der Waals surface area contributed by atoms with E-state index in [9.17, 15) is 14.7 Å². The Morgan fingerprint density at radius 2 is 1.93 bits per heavy atom. The molecule has 152 valence electrons. The molecule has 4 N–H and O–H groups in total. The number of methoxy groups -OCH3 is 1. The first-order valence-electron chi connectivity index (χ1n) is 9.53. The minimum atomic E-state index is -0.617. The molecule has 0 radical (unpaired) electrons. The number of benzene rings is 1. The van der Waals surface area contributed by atoms with E-state index < -0.39 is 24.3 Å². The lowest BCUT2D eigenvalue weighted by Crippen LogP contribution is -2.50. The summed E-state index contributed by atoms with van der Waals surface area (Å²) in [6, 6.07) is 6.32. The number of aliphatic hydroxyl groups is 1. The maximum Gasteiger partial charge on any atom is 0.319 e. The summed E-state index contributed by atoms with van der Waals surface area (Å²) in [6.45, 7) is -0.265. The lowest BCUT2D eigenvalue weighted by atomic mass is 9.93. The van der Waals surface area contributed by atoms with E-state index in [1.54, 1.807) is 43.5 Å². The third kappa shape index (κ3) is 5.46. The molecule has 1 heterocycles. The number of ether oxygens (including phenoxy) is 2. The maximum absolute atomic E-state index is 12.2. The number of hydrogen-bond donors (Lipinski definition) is 4. The fraction of sp³-hybridized carbons (Fsp3) is 0.500. The SMILES string of the molecule is COc1ccc(NC(=O)N[C@@H]2C=C[C@H](CC(=O)NC3CCC3)O[C@H]2CO)cc1. The number of hydrogen-bond acceptors (Lipinski definition) is 5. The Morgan fingerprint density at radius 3 is 2.54 bits per heavy atom. The summed E-state index contributed by atoms with van der Waals surface area (Å²) in [5.41, 5.74) is 0.616. The van der Waals surface area contributed by atoms with Crippen LogP contribution < -0.4 is 20.7 Å². The van der Waals surface area contributed by atoms with Gasteiger partial charge in [0, 0.05) is 11.7 Å². The monoisotopic (exact) mass is 389 g/mol. The van der Waals surface area contributed by atoms with Gasteiger partial charge in [0.15, 0.2) is 0 Å². The van der Waals surface area contributed by atoms with Crippen molar-refractivity contribution in [1.29, 1.82) is 0 Å². The van der Waals surface area contributed by atoms with E-state index in [4.69, 9.17) is 9.47 Å². The van der Waals surface area contributed by atoms with Gasteiger partial charge in [-0.25, -0.2) is 4.79 Å². The molecule has 1 aliphatic heterocycles. The van der Waals surface area contributed by atoms with Crippen molar-refractivity contribution in [2.45, 2.75) is 50.0 Å². The summed E-state index contributed by atoms with van der Waals surface area (Å²) >= 11 is 0. The van der Waals surface area contributed by atoms with E-state index >= 15 is 0 Å². The average Bonchev–Trinajstić information content (AvgIpc) is 2.66. The largest absolute Gasteiger partial charge is 0.497 e. The summed E-state index contributed by atoms with van der Waals surface area (Å²) in [5, 5.41) is 18.1. The molecule has 2 aliphatic rings. The molecule has 1 aromatic rings. The summed E-state index contributed by atoms with van der Waals surface area (Å²) < 4.78 is 10.9. The number of aliphatic hydroxyl groups excluding tert-OH is 1. The Labute approximate surface area is 164 Å². The van der Waals surface area contributed by atoms with E-state index in [1.165, 1.54) is 0 Å². The molecule has 3 amide bonds. The number of anilines is 1. The van der Waals surface area contributed by atoms with Gasteiger partial charge in [-0.2, -0.15) is 0 Å². The van der Waals surface area contributed by atoms with Crippen molar-refractivity contribution >= 4 is 17.6 Å². The molecule has 3 rings (SSSR count). The molecule has 1 aliphatic carbocycles. The Morgan fingerprint density at radius 1 is 1.18 bits per heavy atom. The second-order valence-electron chi connectivity index (χ2n) is 7.03. The van der Waals surface area contributed by atoms with Crippen LogP contribution in [-0.4, -0.2) is 55.1 Å². The number of rotatable bonds is 7. The van der Waals surface area contributed by atoms with Crippen LogP contribution in [0, 0.1) is 0 Å². The highest BCUT2D eigenvalue weighted by molar-refractivity contribution is 5.89. The first-order chi connectivity index (χ1) is 13.6. The molecular formula is C20H27N3O5. The molecule has 0 spiro atoms. The fourth-order valence-corrected chi connectivity index (χ4v) is 3.15. The molecule has 0 aromatic heterocycles. The molecule has 1 saturated carbocycles. The number of carbonyl (C=O) groups is 2. The fourth-order valence-electron chi connectivity index (χ4n) is 3.15. The van der Waals surface area contributed by atoms with E-state index in [0.29, 0.717) is 11.4 Å². The normalized spacial score (nSPS) is 24.1. The molecule has 0 bridgehead atoms.